The van der Waals surface area contributed by atoms with Crippen molar-refractivity contribution < 1.29 is 18.3 Å². The average Bonchev–Trinajstić information content (AvgIpc) is 2.62. The van der Waals surface area contributed by atoms with Crippen LogP contribution in [0.5, 0.6) is 0 Å². The molecule has 0 aliphatic carbocycles. The Morgan fingerprint density at radius 3 is 2.42 bits per heavy atom. The average molecular weight is 353 g/mol. The number of carboxylic acid groups (broad SMARTS) is 1. The predicted octanol–water partition coefficient (Wildman–Crippen LogP) is 1.56. The number of aliphatic carboxylic acids is 1. The molecule has 2 aliphatic rings. The number of sulfonamides is 1. The van der Waals surface area contributed by atoms with E-state index in [1.807, 2.05) is 4.90 Å². The molecule has 3 heterocycles. The number of carbonyl (C=O) groups is 1. The summed E-state index contributed by atoms with van der Waals surface area (Å²) in [5.74, 6) is -0.684. The summed E-state index contributed by atoms with van der Waals surface area (Å²) < 4.78 is 27.5. The SMILES string of the molecule is O=C(O)C1CCN(c2ncccc2S(=O)(=O)N2CCCCC2)CC1. The van der Waals surface area contributed by atoms with Gasteiger partial charge in [-0.15, -0.1) is 0 Å². The highest BCUT2D eigenvalue weighted by Gasteiger charge is 2.32. The van der Waals surface area contributed by atoms with E-state index in [0.29, 0.717) is 44.8 Å². The van der Waals surface area contributed by atoms with Crippen molar-refractivity contribution in [2.24, 2.45) is 5.92 Å². The Kier molecular flexibility index (Phi) is 5.05. The van der Waals surface area contributed by atoms with Crippen LogP contribution in [0.1, 0.15) is 32.1 Å². The van der Waals surface area contributed by atoms with Gasteiger partial charge in [-0.2, -0.15) is 4.31 Å². The van der Waals surface area contributed by atoms with Gasteiger partial charge in [0.05, 0.1) is 5.92 Å². The first kappa shape index (κ1) is 17.2. The van der Waals surface area contributed by atoms with Crippen LogP contribution < -0.4 is 4.90 Å². The lowest BCUT2D eigenvalue weighted by molar-refractivity contribution is -0.142. The van der Waals surface area contributed by atoms with Crippen LogP contribution in [0.25, 0.3) is 0 Å². The Hall–Kier alpha value is -1.67. The Bertz CT molecular complexity index is 693. The lowest BCUT2D eigenvalue weighted by Gasteiger charge is -2.33. The Morgan fingerprint density at radius 1 is 1.12 bits per heavy atom. The third-order valence-corrected chi connectivity index (χ3v) is 6.75. The van der Waals surface area contributed by atoms with Gasteiger partial charge < -0.3 is 10.0 Å². The quantitative estimate of drug-likeness (QED) is 0.883. The molecule has 1 aromatic heterocycles. The van der Waals surface area contributed by atoms with Crippen molar-refractivity contribution in [2.45, 2.75) is 37.0 Å². The number of piperidine rings is 2. The Morgan fingerprint density at radius 2 is 1.79 bits per heavy atom. The number of nitrogens with zero attached hydrogens (tertiary/aromatic N) is 3. The van der Waals surface area contributed by atoms with Gasteiger partial charge in [-0.1, -0.05) is 6.42 Å². The molecule has 132 valence electrons. The molecule has 0 atom stereocenters. The standard InChI is InChI=1S/C16H23N3O4S/c20-16(21)13-6-11-18(12-7-13)15-14(5-4-8-17-15)24(22,23)19-9-2-1-3-10-19/h4-5,8,13H,1-3,6-7,9-12H2,(H,20,21). The summed E-state index contributed by atoms with van der Waals surface area (Å²) in [5, 5.41) is 9.11. The molecule has 0 saturated carbocycles. The fourth-order valence-corrected chi connectivity index (χ4v) is 5.08. The number of hydrogen-bond acceptors (Lipinski definition) is 5. The maximum Gasteiger partial charge on any atom is 0.306 e. The smallest absolute Gasteiger partial charge is 0.306 e. The van der Waals surface area contributed by atoms with Crippen LogP contribution in [-0.2, 0) is 14.8 Å². The van der Waals surface area contributed by atoms with Gasteiger partial charge in [-0.3, -0.25) is 4.79 Å². The fraction of sp³-hybridized carbons (Fsp3) is 0.625. The molecule has 24 heavy (non-hydrogen) atoms. The van der Waals surface area contributed by atoms with Crippen LogP contribution in [0, 0.1) is 5.92 Å². The van der Waals surface area contributed by atoms with Crippen LogP contribution >= 0.6 is 0 Å². The van der Waals surface area contributed by atoms with Crippen molar-refractivity contribution in [1.82, 2.24) is 9.29 Å². The molecule has 8 heteroatoms. The van der Waals surface area contributed by atoms with Crippen LogP contribution in [-0.4, -0.2) is 55.0 Å². The number of anilines is 1. The van der Waals surface area contributed by atoms with E-state index in [1.165, 1.54) is 0 Å². The molecule has 3 rings (SSSR count). The van der Waals surface area contributed by atoms with E-state index in [2.05, 4.69) is 4.98 Å². The van der Waals surface area contributed by atoms with Crippen molar-refractivity contribution >= 4 is 21.8 Å². The molecule has 0 aromatic carbocycles. The number of hydrogen-bond donors (Lipinski definition) is 1. The van der Waals surface area contributed by atoms with E-state index in [4.69, 9.17) is 5.11 Å². The first-order valence-corrected chi connectivity index (χ1v) is 9.87. The van der Waals surface area contributed by atoms with Crippen molar-refractivity contribution in [3.8, 4) is 0 Å². The normalized spacial score (nSPS) is 20.9. The summed E-state index contributed by atoms with van der Waals surface area (Å²) in [4.78, 5) is 17.5. The van der Waals surface area contributed by atoms with Gasteiger partial charge in [-0.25, -0.2) is 13.4 Å². The first-order valence-electron chi connectivity index (χ1n) is 8.43. The van der Waals surface area contributed by atoms with Crippen LogP contribution in [0.3, 0.4) is 0 Å². The van der Waals surface area contributed by atoms with Gasteiger partial charge in [-0.05, 0) is 37.8 Å². The third-order valence-electron chi connectivity index (χ3n) is 4.83. The molecular weight excluding hydrogens is 330 g/mol. The number of carboxylic acids is 1. The minimum atomic E-state index is -3.56. The van der Waals surface area contributed by atoms with Gasteiger partial charge in [0.25, 0.3) is 0 Å². The van der Waals surface area contributed by atoms with Crippen molar-refractivity contribution in [3.63, 3.8) is 0 Å². The summed E-state index contributed by atoms with van der Waals surface area (Å²) in [7, 11) is -3.56. The van der Waals surface area contributed by atoms with Crippen LogP contribution in [0.15, 0.2) is 23.2 Å². The highest BCUT2D eigenvalue weighted by Crippen LogP contribution is 2.30. The molecule has 0 amide bonds. The summed E-state index contributed by atoms with van der Waals surface area (Å²) in [5.41, 5.74) is 0. The maximum absolute atomic E-state index is 13.0. The highest BCUT2D eigenvalue weighted by atomic mass is 32.2. The van der Waals surface area contributed by atoms with Gasteiger partial charge >= 0.3 is 5.97 Å². The second-order valence-electron chi connectivity index (χ2n) is 6.39. The largest absolute Gasteiger partial charge is 0.481 e. The van der Waals surface area contributed by atoms with Crippen molar-refractivity contribution in [2.75, 3.05) is 31.1 Å². The van der Waals surface area contributed by atoms with E-state index in [1.54, 1.807) is 22.6 Å². The van der Waals surface area contributed by atoms with Crippen LogP contribution in [0.2, 0.25) is 0 Å². The molecule has 0 radical (unpaired) electrons. The Balaban J connectivity index is 1.84. The number of rotatable bonds is 4. The molecule has 1 N–H and O–H groups in total. The molecule has 0 unspecified atom stereocenters. The molecule has 2 saturated heterocycles. The second kappa shape index (κ2) is 7.06. The minimum Gasteiger partial charge on any atom is -0.481 e. The molecule has 1 aromatic rings. The van der Waals surface area contributed by atoms with Crippen molar-refractivity contribution in [3.05, 3.63) is 18.3 Å². The van der Waals surface area contributed by atoms with Gasteiger partial charge in [0, 0.05) is 32.4 Å². The molecule has 2 fully saturated rings. The van der Waals surface area contributed by atoms with Crippen LogP contribution in [0.4, 0.5) is 5.82 Å². The monoisotopic (exact) mass is 353 g/mol. The van der Waals surface area contributed by atoms with E-state index < -0.39 is 16.0 Å². The van der Waals surface area contributed by atoms with Gasteiger partial charge in [0.1, 0.15) is 10.7 Å². The molecular formula is C16H23N3O4S. The molecule has 0 spiro atoms. The third kappa shape index (κ3) is 3.39. The van der Waals surface area contributed by atoms with E-state index in [0.717, 1.165) is 19.3 Å². The first-order chi connectivity index (χ1) is 11.5. The minimum absolute atomic E-state index is 0.237. The second-order valence-corrected chi connectivity index (χ2v) is 8.30. The summed E-state index contributed by atoms with van der Waals surface area (Å²) in [6.45, 7) is 2.13. The topological polar surface area (TPSA) is 90.8 Å². The number of aromatic nitrogens is 1. The lowest BCUT2D eigenvalue weighted by Crippen LogP contribution is -2.40. The summed E-state index contributed by atoms with van der Waals surface area (Å²) in [6, 6.07) is 3.25. The highest BCUT2D eigenvalue weighted by molar-refractivity contribution is 7.89. The molecule has 7 nitrogen and oxygen atoms in total. The predicted molar refractivity (Wildman–Crippen MR) is 89.4 cm³/mol. The zero-order chi connectivity index (χ0) is 17.2. The van der Waals surface area contributed by atoms with Gasteiger partial charge in [0.2, 0.25) is 10.0 Å². The van der Waals surface area contributed by atoms with E-state index >= 15 is 0 Å². The van der Waals surface area contributed by atoms with Crippen molar-refractivity contribution in [1.29, 1.82) is 0 Å². The molecule has 0 bridgehead atoms. The van der Waals surface area contributed by atoms with E-state index in [-0.39, 0.29) is 10.8 Å². The fourth-order valence-electron chi connectivity index (χ4n) is 3.40. The lowest BCUT2D eigenvalue weighted by atomic mass is 9.97. The van der Waals surface area contributed by atoms with Gasteiger partial charge in [0.15, 0.2) is 0 Å². The maximum atomic E-state index is 13.0. The summed E-state index contributed by atoms with van der Waals surface area (Å²) >= 11 is 0. The van der Waals surface area contributed by atoms with E-state index in [9.17, 15) is 13.2 Å². The zero-order valence-corrected chi connectivity index (χ0v) is 14.4. The molecule has 2 aliphatic heterocycles. The summed E-state index contributed by atoms with van der Waals surface area (Å²) in [6.07, 6.45) is 5.45. The Labute approximate surface area is 142 Å². The zero-order valence-electron chi connectivity index (χ0n) is 13.6. The number of pyridine rings is 1.